The second kappa shape index (κ2) is 26.2. The molecule has 10 fully saturated rings. The summed E-state index contributed by atoms with van der Waals surface area (Å²) in [6.07, 6.45) is -33.1. The summed E-state index contributed by atoms with van der Waals surface area (Å²) in [6.45, 7) is 5.31. The van der Waals surface area contributed by atoms with Crippen molar-refractivity contribution in [3.8, 4) is 0 Å². The third kappa shape index (κ3) is 12.1. The quantitative estimate of drug-likeness (QED) is 0.0569. The van der Waals surface area contributed by atoms with Gasteiger partial charge >= 0.3 is 0 Å². The summed E-state index contributed by atoms with van der Waals surface area (Å²) >= 11 is 0. The molecule has 84 heavy (non-hydrogen) atoms. The normalized spacial score (nSPS) is 55.4. The zero-order valence-corrected chi connectivity index (χ0v) is 48.0. The minimum atomic E-state index is -2.02. The molecule has 6 heterocycles. The number of hydrogen-bond donors (Lipinski definition) is 17. The van der Waals surface area contributed by atoms with Crippen molar-refractivity contribution in [1.82, 2.24) is 0 Å². The van der Waals surface area contributed by atoms with Crippen molar-refractivity contribution in [3.05, 3.63) is 0 Å². The van der Waals surface area contributed by atoms with E-state index in [-0.39, 0.29) is 47.2 Å². The fraction of sp³-hybridized carbons (Fsp3) is 1.00. The summed E-state index contributed by atoms with van der Waals surface area (Å²) in [4.78, 5) is 0. The Morgan fingerprint density at radius 1 is 0.512 bits per heavy atom. The van der Waals surface area contributed by atoms with Gasteiger partial charge in [0.05, 0.1) is 51.8 Å². The maximum atomic E-state index is 12.1. The average molecular weight is 1220 g/mol. The first kappa shape index (κ1) is 65.8. The fourth-order valence-electron chi connectivity index (χ4n) is 16.8. The van der Waals surface area contributed by atoms with Crippen molar-refractivity contribution in [1.29, 1.82) is 0 Å². The van der Waals surface area contributed by atoms with E-state index in [4.69, 9.17) is 52.1 Å². The zero-order valence-electron chi connectivity index (χ0n) is 48.0. The summed E-state index contributed by atoms with van der Waals surface area (Å²) < 4.78 is 65.9. The van der Waals surface area contributed by atoms with Gasteiger partial charge in [0.15, 0.2) is 37.2 Å². The molecule has 0 aromatic carbocycles. The summed E-state index contributed by atoms with van der Waals surface area (Å²) in [5, 5.41) is 182. The number of aliphatic hydroxyl groups excluding tert-OH is 16. The molecule has 0 radical (unpaired) electrons. The maximum Gasteiger partial charge on any atom is 0.187 e. The van der Waals surface area contributed by atoms with Gasteiger partial charge in [-0.25, -0.2) is 0 Å². The summed E-state index contributed by atoms with van der Waals surface area (Å²) in [6, 6.07) is 0. The lowest BCUT2D eigenvalue weighted by molar-refractivity contribution is -0.404. The molecule has 0 aromatic heterocycles. The zero-order chi connectivity index (χ0) is 60.6. The first-order chi connectivity index (χ1) is 39.8. The van der Waals surface area contributed by atoms with Crippen molar-refractivity contribution < 1.29 is 139 Å². The smallest absolute Gasteiger partial charge is 0.187 e. The Labute approximate surface area is 487 Å². The maximum absolute atomic E-state index is 12.1. The van der Waals surface area contributed by atoms with E-state index in [1.165, 1.54) is 0 Å². The molecule has 6 aliphatic heterocycles. The second-order valence-corrected chi connectivity index (χ2v) is 26.6. The van der Waals surface area contributed by atoms with Gasteiger partial charge in [0.1, 0.15) is 116 Å². The Bertz CT molecular complexity index is 2140. The van der Waals surface area contributed by atoms with Gasteiger partial charge in [-0.2, -0.15) is 0 Å². The van der Waals surface area contributed by atoms with Crippen molar-refractivity contribution in [3.63, 3.8) is 0 Å². The Kier molecular flexibility index (Phi) is 20.6. The third-order valence-electron chi connectivity index (χ3n) is 21.8. The van der Waals surface area contributed by atoms with Crippen LogP contribution in [0.2, 0.25) is 0 Å². The van der Waals surface area contributed by atoms with Crippen LogP contribution in [0, 0.1) is 52.3 Å². The molecule has 0 amide bonds. The van der Waals surface area contributed by atoms with Gasteiger partial charge in [0.25, 0.3) is 0 Å². The van der Waals surface area contributed by atoms with E-state index >= 15 is 0 Å². The summed E-state index contributed by atoms with van der Waals surface area (Å²) in [7, 11) is 0. The minimum absolute atomic E-state index is 0.0288. The Morgan fingerprint density at radius 2 is 1.06 bits per heavy atom. The molecule has 36 atom stereocenters. The number of aliphatic hydroxyl groups is 17. The minimum Gasteiger partial charge on any atom is -0.394 e. The lowest BCUT2D eigenvalue weighted by Gasteiger charge is -2.61. The average Bonchev–Trinajstić information content (AvgIpc) is 2.08. The highest BCUT2D eigenvalue weighted by Gasteiger charge is 2.69. The van der Waals surface area contributed by atoms with Gasteiger partial charge in [0.2, 0.25) is 0 Å². The molecule has 0 aromatic rings. The van der Waals surface area contributed by atoms with E-state index in [1.54, 1.807) is 0 Å². The predicted molar refractivity (Wildman–Crippen MR) is 278 cm³/mol. The first-order valence-corrected chi connectivity index (χ1v) is 30.3. The second-order valence-electron chi connectivity index (χ2n) is 26.6. The van der Waals surface area contributed by atoms with Crippen LogP contribution in [-0.4, -0.2) is 292 Å². The molecule has 0 bridgehead atoms. The molecule has 0 unspecified atom stereocenters. The molecule has 4 saturated carbocycles. The van der Waals surface area contributed by atoms with Crippen molar-refractivity contribution in [2.75, 3.05) is 39.6 Å². The monoisotopic (exact) mass is 1210 g/mol. The van der Waals surface area contributed by atoms with Gasteiger partial charge in [-0.1, -0.05) is 27.7 Å². The van der Waals surface area contributed by atoms with Crippen LogP contribution in [0.25, 0.3) is 0 Å². The number of hydrogen-bond acceptors (Lipinski definition) is 28. The van der Waals surface area contributed by atoms with Crippen molar-refractivity contribution >= 4 is 0 Å². The van der Waals surface area contributed by atoms with Crippen LogP contribution in [0.5, 0.6) is 0 Å². The van der Waals surface area contributed by atoms with Gasteiger partial charge in [-0.15, -0.1) is 0 Å². The first-order valence-electron chi connectivity index (χ1n) is 30.3. The van der Waals surface area contributed by atoms with E-state index in [2.05, 4.69) is 20.8 Å². The number of ether oxygens (including phenoxy) is 11. The van der Waals surface area contributed by atoms with Gasteiger partial charge < -0.3 is 139 Å². The third-order valence-corrected chi connectivity index (χ3v) is 21.8. The Balaban J connectivity index is 0.759. The molecule has 486 valence electrons. The largest absolute Gasteiger partial charge is 0.394 e. The number of rotatable bonds is 18. The lowest BCUT2D eigenvalue weighted by atomic mass is 9.44. The highest BCUT2D eigenvalue weighted by molar-refractivity contribution is 5.15. The van der Waals surface area contributed by atoms with Crippen LogP contribution in [0.1, 0.15) is 91.9 Å². The molecular weight excluding hydrogens is 1120 g/mol. The van der Waals surface area contributed by atoms with Gasteiger partial charge in [-0.3, -0.25) is 0 Å². The predicted octanol–water partition coefficient (Wildman–Crippen LogP) is -5.49. The fourth-order valence-corrected chi connectivity index (χ4v) is 16.8. The van der Waals surface area contributed by atoms with E-state index in [1.807, 2.05) is 6.92 Å². The van der Waals surface area contributed by atoms with Gasteiger partial charge in [-0.05, 0) is 104 Å². The standard InChI is InChI=1S/C56H94O28/c1-21(19-74-49-43(70)39(66)36(63)30(15-57)77-49)7-12-56(73)22(2)34-29(84-56)14-27-25-6-5-23-13-24(8-10-54(23,3)26(25)9-11-55(27,34)4)76-51-45(72)41(68)46(33(18-60)80-51)81-53-48(83-52-44(71)40(67)37(64)31(16-58)78-52)47(38(65)32(17-59)79-53)82-50-42(69)35(62)28(61)20-75-50/h21-53,57-73H,5-20H2,1-4H3/t21-,22-,23+,24-,25+,26-,27-,28+,29-,30+,31+,32+,33+,34-,35-,36+,37+,38+,39-,40-,41+,42+,43+,44+,45+,46-,47-,48+,49+,50-,51+,52-,53-,54-,55-,56+/m0/s1. The molecule has 10 aliphatic rings. The summed E-state index contributed by atoms with van der Waals surface area (Å²) in [5.74, 6) is 0.0903. The molecular formula is C56H94O28. The van der Waals surface area contributed by atoms with Gasteiger partial charge in [0, 0.05) is 12.3 Å². The Hall–Kier alpha value is -1.12. The SMILES string of the molecule is C[C@@H](CC[C@@]1(O)O[C@H]2C[C@H]3[C@@H]4CC[C@@H]5C[C@@H](O[C@@H]6O[C@H](CO)[C@H](O[C@@H]7O[C@H](CO)[C@@H](O)[C@H](O[C@@H]8OC[C@@H](O)[C@H](O)[C@H]8O)[C@H]7O[C@@H]7O[C@H](CO)[C@@H](O)[C@H](O)[C@H]7O)[C@H](O)[C@H]6O)CC[C@]5(C)[C@H]4CC[C@]3(C)[C@H]2[C@@H]1C)CO[C@@H]1O[C@H](CO)[C@@H](O)[C@H](O)[C@H]1O. The van der Waals surface area contributed by atoms with Crippen LogP contribution in [0.15, 0.2) is 0 Å². The molecule has 28 heteroatoms. The Morgan fingerprint density at radius 3 is 1.73 bits per heavy atom. The van der Waals surface area contributed by atoms with Crippen molar-refractivity contribution in [2.24, 2.45) is 52.3 Å². The van der Waals surface area contributed by atoms with Crippen LogP contribution >= 0.6 is 0 Å². The van der Waals surface area contributed by atoms with E-state index in [0.29, 0.717) is 43.4 Å². The number of fused-ring (bicyclic) bond motifs is 7. The highest BCUT2D eigenvalue weighted by atomic mass is 16.8. The topological polar surface area (TPSA) is 445 Å². The summed E-state index contributed by atoms with van der Waals surface area (Å²) in [5.41, 5.74) is -0.0852. The lowest BCUT2D eigenvalue weighted by Crippen LogP contribution is -2.68. The van der Waals surface area contributed by atoms with Crippen LogP contribution < -0.4 is 0 Å². The van der Waals surface area contributed by atoms with Crippen molar-refractivity contribution in [2.45, 2.75) is 257 Å². The van der Waals surface area contributed by atoms with E-state index < -0.39 is 192 Å². The molecule has 6 saturated heterocycles. The highest BCUT2D eigenvalue weighted by Crippen LogP contribution is 2.71. The molecule has 17 N–H and O–H groups in total. The van der Waals surface area contributed by atoms with E-state index in [9.17, 15) is 86.8 Å². The van der Waals surface area contributed by atoms with Crippen LogP contribution in [-0.2, 0) is 52.1 Å². The van der Waals surface area contributed by atoms with Crippen LogP contribution in [0.3, 0.4) is 0 Å². The van der Waals surface area contributed by atoms with Crippen LogP contribution in [0.4, 0.5) is 0 Å². The molecule has 28 nitrogen and oxygen atoms in total. The molecule has 4 aliphatic carbocycles. The molecule has 10 rings (SSSR count). The van der Waals surface area contributed by atoms with E-state index in [0.717, 1.165) is 38.5 Å². The molecule has 0 spiro atoms.